The lowest BCUT2D eigenvalue weighted by molar-refractivity contribution is -0.125. The Morgan fingerprint density at radius 1 is 0.957 bits per heavy atom. The Balaban J connectivity index is 3.90. The van der Waals surface area contributed by atoms with Crippen LogP contribution in [-0.4, -0.2) is 72.6 Å². The van der Waals surface area contributed by atoms with Crippen LogP contribution in [0.25, 0.3) is 0 Å². The van der Waals surface area contributed by atoms with Crippen LogP contribution in [0, 0.1) is 5.41 Å². The molecule has 0 aliphatic heterocycles. The third-order valence-corrected chi connectivity index (χ3v) is 2.74. The van der Waals surface area contributed by atoms with E-state index in [0.717, 1.165) is 0 Å². The van der Waals surface area contributed by atoms with E-state index in [-0.39, 0.29) is 24.2 Å². The first-order valence-electron chi connectivity index (χ1n) is 7.90. The summed E-state index contributed by atoms with van der Waals surface area (Å²) >= 11 is 0. The summed E-state index contributed by atoms with van der Waals surface area (Å²) in [4.78, 5) is 11.7. The summed E-state index contributed by atoms with van der Waals surface area (Å²) in [5.74, 6) is -0.0225. The number of amides is 1. The molecule has 7 heteroatoms. The monoisotopic (exact) mass is 335 g/mol. The predicted octanol–water partition coefficient (Wildman–Crippen LogP) is 1.21. The zero-order valence-corrected chi connectivity index (χ0v) is 15.2. The van der Waals surface area contributed by atoms with Gasteiger partial charge >= 0.3 is 0 Å². The van der Waals surface area contributed by atoms with E-state index in [9.17, 15) is 4.79 Å². The van der Waals surface area contributed by atoms with E-state index in [1.54, 1.807) is 14.2 Å². The minimum atomic E-state index is -0.207. The largest absolute Gasteiger partial charge is 0.382 e. The average Bonchev–Trinajstić information content (AvgIpc) is 2.45. The molecular formula is C16H33NO6. The smallest absolute Gasteiger partial charge is 0.222 e. The summed E-state index contributed by atoms with van der Waals surface area (Å²) in [6.45, 7) is 8.98. The van der Waals surface area contributed by atoms with Gasteiger partial charge in [0.1, 0.15) is 12.8 Å². The summed E-state index contributed by atoms with van der Waals surface area (Å²) in [5.41, 5.74) is -0.0366. The maximum absolute atomic E-state index is 11.7. The zero-order chi connectivity index (χ0) is 17.6. The van der Waals surface area contributed by atoms with Crippen molar-refractivity contribution in [1.82, 2.24) is 5.32 Å². The van der Waals surface area contributed by atoms with Gasteiger partial charge in [-0.05, 0) is 5.41 Å². The number of nitrogens with one attached hydrogen (secondary N) is 1. The van der Waals surface area contributed by atoms with Crippen molar-refractivity contribution in [2.45, 2.75) is 33.3 Å². The fourth-order valence-corrected chi connectivity index (χ4v) is 1.67. The van der Waals surface area contributed by atoms with Crippen molar-refractivity contribution in [2.24, 2.45) is 5.41 Å². The highest BCUT2D eigenvalue weighted by Crippen LogP contribution is 2.17. The molecule has 0 aromatic carbocycles. The van der Waals surface area contributed by atoms with Crippen LogP contribution in [0.15, 0.2) is 0 Å². The molecule has 0 aromatic heterocycles. The van der Waals surface area contributed by atoms with Gasteiger partial charge in [0.15, 0.2) is 0 Å². The Labute approximate surface area is 139 Å². The lowest BCUT2D eigenvalue weighted by Crippen LogP contribution is -2.33. The molecule has 0 saturated carbocycles. The summed E-state index contributed by atoms with van der Waals surface area (Å²) in [5, 5.41) is 2.74. The van der Waals surface area contributed by atoms with Gasteiger partial charge in [0.2, 0.25) is 5.91 Å². The number of carbonyl (C=O) groups is 1. The third kappa shape index (κ3) is 15.9. The number of hydrogen-bond acceptors (Lipinski definition) is 6. The molecule has 1 N–H and O–H groups in total. The van der Waals surface area contributed by atoms with Gasteiger partial charge in [0.25, 0.3) is 0 Å². The first-order valence-corrected chi connectivity index (χ1v) is 7.90. The first kappa shape index (κ1) is 22.3. The van der Waals surface area contributed by atoms with Crippen molar-refractivity contribution in [2.75, 3.05) is 60.6 Å². The number of hydrogen-bond donors (Lipinski definition) is 1. The van der Waals surface area contributed by atoms with Crippen molar-refractivity contribution in [3.8, 4) is 0 Å². The molecule has 0 radical (unpaired) electrons. The summed E-state index contributed by atoms with van der Waals surface area (Å²) in [6, 6.07) is 0. The molecule has 0 spiro atoms. The van der Waals surface area contributed by atoms with Crippen LogP contribution >= 0.6 is 0 Å². The molecule has 138 valence electrons. The topological polar surface area (TPSA) is 75.2 Å². The van der Waals surface area contributed by atoms with E-state index in [1.165, 1.54) is 0 Å². The maximum atomic E-state index is 11.7. The molecule has 0 saturated heterocycles. The van der Waals surface area contributed by atoms with Crippen LogP contribution in [0.5, 0.6) is 0 Å². The van der Waals surface area contributed by atoms with E-state index in [1.807, 2.05) is 20.8 Å². The molecule has 0 fully saturated rings. The summed E-state index contributed by atoms with van der Waals surface area (Å²) in [7, 11) is 3.24. The van der Waals surface area contributed by atoms with E-state index >= 15 is 0 Å². The highest BCUT2D eigenvalue weighted by molar-refractivity contribution is 5.76. The van der Waals surface area contributed by atoms with E-state index in [2.05, 4.69) is 5.32 Å². The van der Waals surface area contributed by atoms with Crippen LogP contribution in [-0.2, 0) is 28.5 Å². The predicted molar refractivity (Wildman–Crippen MR) is 87.3 cm³/mol. The highest BCUT2D eigenvalue weighted by atomic mass is 16.6. The number of rotatable bonds is 14. The zero-order valence-electron chi connectivity index (χ0n) is 15.2. The van der Waals surface area contributed by atoms with Gasteiger partial charge < -0.3 is 29.0 Å². The molecule has 0 heterocycles. The molecule has 23 heavy (non-hydrogen) atoms. The van der Waals surface area contributed by atoms with Crippen LogP contribution in [0.3, 0.4) is 0 Å². The van der Waals surface area contributed by atoms with Crippen LogP contribution in [0.4, 0.5) is 0 Å². The summed E-state index contributed by atoms with van der Waals surface area (Å²) < 4.78 is 26.4. The van der Waals surface area contributed by atoms with Gasteiger partial charge in [-0.2, -0.15) is 0 Å². The Morgan fingerprint density at radius 2 is 1.57 bits per heavy atom. The normalized spacial score (nSPS) is 13.1. The second-order valence-corrected chi connectivity index (χ2v) is 6.41. The molecule has 1 atom stereocenters. The Bertz CT molecular complexity index is 293. The lowest BCUT2D eigenvalue weighted by Gasteiger charge is -2.19. The average molecular weight is 335 g/mol. The third-order valence-electron chi connectivity index (χ3n) is 2.74. The fourth-order valence-electron chi connectivity index (χ4n) is 1.67. The van der Waals surface area contributed by atoms with E-state index < -0.39 is 0 Å². The minimum Gasteiger partial charge on any atom is -0.382 e. The van der Waals surface area contributed by atoms with E-state index in [4.69, 9.17) is 23.7 Å². The maximum Gasteiger partial charge on any atom is 0.222 e. The Hall–Kier alpha value is -0.730. The van der Waals surface area contributed by atoms with E-state index in [0.29, 0.717) is 46.1 Å². The molecule has 7 nitrogen and oxygen atoms in total. The van der Waals surface area contributed by atoms with Gasteiger partial charge in [0, 0.05) is 20.6 Å². The highest BCUT2D eigenvalue weighted by Gasteiger charge is 2.16. The van der Waals surface area contributed by atoms with Gasteiger partial charge in [-0.1, -0.05) is 20.8 Å². The van der Waals surface area contributed by atoms with Gasteiger partial charge in [-0.25, -0.2) is 0 Å². The second kappa shape index (κ2) is 13.7. The number of carbonyl (C=O) groups excluding carboxylic acids is 1. The van der Waals surface area contributed by atoms with Crippen molar-refractivity contribution in [1.29, 1.82) is 0 Å². The fraction of sp³-hybridized carbons (Fsp3) is 0.938. The molecule has 0 aromatic rings. The summed E-state index contributed by atoms with van der Waals surface area (Å²) in [6.07, 6.45) is 0.256. The quantitative estimate of drug-likeness (QED) is 0.380. The lowest BCUT2D eigenvalue weighted by atomic mass is 9.92. The minimum absolute atomic E-state index is 0.0225. The number of methoxy groups -OCH3 is 2. The Kier molecular flexibility index (Phi) is 13.3. The molecule has 0 bridgehead atoms. The van der Waals surface area contributed by atoms with Crippen molar-refractivity contribution in [3.05, 3.63) is 0 Å². The van der Waals surface area contributed by atoms with Crippen LogP contribution < -0.4 is 5.32 Å². The van der Waals surface area contributed by atoms with Gasteiger partial charge in [-0.3, -0.25) is 4.79 Å². The van der Waals surface area contributed by atoms with Crippen LogP contribution in [0.1, 0.15) is 27.2 Å². The van der Waals surface area contributed by atoms with Crippen molar-refractivity contribution < 1.29 is 28.5 Å². The first-order chi connectivity index (χ1) is 10.9. The second-order valence-electron chi connectivity index (χ2n) is 6.41. The van der Waals surface area contributed by atoms with Gasteiger partial charge in [0.05, 0.1) is 39.6 Å². The standard InChI is InChI=1S/C16H33NO6/c1-16(2,3)10-15(18)17-13-22-12-14(23-9-7-20-5)11-21-8-6-19-4/h14H,6-13H2,1-5H3,(H,17,18). The van der Waals surface area contributed by atoms with Crippen molar-refractivity contribution in [3.63, 3.8) is 0 Å². The van der Waals surface area contributed by atoms with Crippen molar-refractivity contribution >= 4 is 5.91 Å². The Morgan fingerprint density at radius 3 is 2.17 bits per heavy atom. The molecule has 0 rings (SSSR count). The van der Waals surface area contributed by atoms with Crippen LogP contribution in [0.2, 0.25) is 0 Å². The SMILES string of the molecule is COCCOCC(COCNC(=O)CC(C)(C)C)OCCOC. The van der Waals surface area contributed by atoms with Gasteiger partial charge in [-0.15, -0.1) is 0 Å². The number of ether oxygens (including phenoxy) is 5. The molecule has 1 amide bonds. The molecule has 1 unspecified atom stereocenters. The molecule has 0 aliphatic carbocycles. The molecular weight excluding hydrogens is 302 g/mol. The molecule has 0 aliphatic rings.